The molecule has 1 aromatic carbocycles. The lowest BCUT2D eigenvalue weighted by Crippen LogP contribution is -1.94. The molecule has 1 rings (SSSR count). The Morgan fingerprint density at radius 2 is 1.67 bits per heavy atom. The molecule has 0 amide bonds. The fraction of sp³-hybridized carbons (Fsp3) is 0.562. The zero-order valence-corrected chi connectivity index (χ0v) is 12.6. The summed E-state index contributed by atoms with van der Waals surface area (Å²) >= 11 is 4.75. The molecular formula is C16H23NS. The number of aryl methyl sites for hydroxylation is 3. The molecule has 0 unspecified atom stereocenters. The zero-order chi connectivity index (χ0) is 13.4. The number of nitrogens with zero attached hydrogens (tertiary/aromatic N) is 1. The topological polar surface area (TPSA) is 12.4 Å². The molecule has 0 N–H and O–H groups in total. The van der Waals surface area contributed by atoms with Crippen LogP contribution in [0.25, 0.3) is 0 Å². The molecule has 0 bridgehead atoms. The normalized spacial score (nSPS) is 10.2. The second-order valence-corrected chi connectivity index (χ2v) is 4.81. The van der Waals surface area contributed by atoms with Crippen LogP contribution in [0.2, 0.25) is 0 Å². The molecular weight excluding hydrogens is 238 g/mol. The van der Waals surface area contributed by atoms with Crippen LogP contribution in [0.3, 0.4) is 0 Å². The third-order valence-corrected chi connectivity index (χ3v) is 3.41. The Bertz CT molecular complexity index is 406. The van der Waals surface area contributed by atoms with Crippen LogP contribution >= 0.6 is 12.2 Å². The van der Waals surface area contributed by atoms with E-state index in [0.717, 1.165) is 18.5 Å². The van der Waals surface area contributed by atoms with Crippen LogP contribution in [0, 0.1) is 0 Å². The van der Waals surface area contributed by atoms with E-state index in [0.29, 0.717) is 0 Å². The van der Waals surface area contributed by atoms with Gasteiger partial charge < -0.3 is 0 Å². The van der Waals surface area contributed by atoms with Gasteiger partial charge in [0.25, 0.3) is 0 Å². The first-order chi connectivity index (χ1) is 8.76. The number of rotatable bonds is 7. The largest absolute Gasteiger partial charge is 0.194 e. The Balaban J connectivity index is 3.05. The third-order valence-electron chi connectivity index (χ3n) is 3.32. The number of benzene rings is 1. The lowest BCUT2D eigenvalue weighted by molar-refractivity contribution is 0.716. The van der Waals surface area contributed by atoms with Crippen LogP contribution in [0.5, 0.6) is 0 Å². The van der Waals surface area contributed by atoms with Crippen molar-refractivity contribution in [3.63, 3.8) is 0 Å². The first kappa shape index (κ1) is 15.1. The first-order valence-corrected chi connectivity index (χ1v) is 7.40. The van der Waals surface area contributed by atoms with Crippen molar-refractivity contribution < 1.29 is 0 Å². The van der Waals surface area contributed by atoms with Crippen LogP contribution in [-0.2, 0) is 19.3 Å². The quantitative estimate of drug-likeness (QED) is 0.369. The number of hydrogen-bond donors (Lipinski definition) is 0. The molecule has 0 fully saturated rings. The van der Waals surface area contributed by atoms with Gasteiger partial charge in [-0.2, -0.15) is 4.99 Å². The van der Waals surface area contributed by atoms with Crippen LogP contribution in [0.4, 0.5) is 5.69 Å². The summed E-state index contributed by atoms with van der Waals surface area (Å²) in [4.78, 5) is 4.25. The lowest BCUT2D eigenvalue weighted by atomic mass is 9.96. The minimum absolute atomic E-state index is 1.00. The summed E-state index contributed by atoms with van der Waals surface area (Å²) in [5.74, 6) is 0. The molecule has 0 saturated heterocycles. The van der Waals surface area contributed by atoms with Crippen LogP contribution in [0.15, 0.2) is 17.1 Å². The van der Waals surface area contributed by atoms with Crippen molar-refractivity contribution >= 4 is 23.1 Å². The van der Waals surface area contributed by atoms with Gasteiger partial charge in [0.05, 0.1) is 10.8 Å². The predicted molar refractivity (Wildman–Crippen MR) is 83.1 cm³/mol. The highest BCUT2D eigenvalue weighted by atomic mass is 32.1. The summed E-state index contributed by atoms with van der Waals surface area (Å²) in [7, 11) is 0. The highest BCUT2D eigenvalue weighted by Gasteiger charge is 2.08. The molecule has 1 nitrogen and oxygen atoms in total. The summed E-state index contributed by atoms with van der Waals surface area (Å²) in [6, 6.07) is 4.58. The fourth-order valence-electron chi connectivity index (χ4n) is 2.28. The van der Waals surface area contributed by atoms with Gasteiger partial charge in [0.1, 0.15) is 0 Å². The SMILES string of the molecule is CCCCCc1cc(CC)c(N=C=S)c(CC)c1. The molecule has 2 heteroatoms. The van der Waals surface area contributed by atoms with Crippen LogP contribution in [0.1, 0.15) is 56.7 Å². The Kier molecular flexibility index (Phi) is 6.85. The maximum absolute atomic E-state index is 4.75. The van der Waals surface area contributed by atoms with E-state index in [1.807, 2.05) is 0 Å². The van der Waals surface area contributed by atoms with Crippen molar-refractivity contribution in [3.05, 3.63) is 28.8 Å². The fourth-order valence-corrected chi connectivity index (χ4v) is 2.38. The molecule has 0 heterocycles. The van der Waals surface area contributed by atoms with Crippen molar-refractivity contribution in [2.24, 2.45) is 4.99 Å². The monoisotopic (exact) mass is 261 g/mol. The van der Waals surface area contributed by atoms with Crippen molar-refractivity contribution in [1.82, 2.24) is 0 Å². The highest BCUT2D eigenvalue weighted by Crippen LogP contribution is 2.28. The van der Waals surface area contributed by atoms with Gasteiger partial charge in [0.2, 0.25) is 0 Å². The maximum atomic E-state index is 4.75. The van der Waals surface area contributed by atoms with Gasteiger partial charge in [-0.25, -0.2) is 0 Å². The Morgan fingerprint density at radius 3 is 2.11 bits per heavy atom. The molecule has 0 atom stereocenters. The number of unbranched alkanes of at least 4 members (excludes halogenated alkanes) is 2. The summed E-state index contributed by atoms with van der Waals surface area (Å²) in [6.45, 7) is 6.59. The minimum atomic E-state index is 1.00. The van der Waals surface area contributed by atoms with E-state index in [4.69, 9.17) is 12.2 Å². The van der Waals surface area contributed by atoms with E-state index in [-0.39, 0.29) is 0 Å². The molecule has 98 valence electrons. The Labute approximate surface area is 116 Å². The van der Waals surface area contributed by atoms with Crippen LogP contribution in [-0.4, -0.2) is 5.16 Å². The third kappa shape index (κ3) is 4.04. The number of isothiocyanates is 1. The highest BCUT2D eigenvalue weighted by molar-refractivity contribution is 7.78. The second-order valence-electron chi connectivity index (χ2n) is 4.63. The average molecular weight is 261 g/mol. The number of aliphatic imine (C=N–C) groups is 1. The van der Waals surface area contributed by atoms with E-state index in [9.17, 15) is 0 Å². The van der Waals surface area contributed by atoms with Crippen molar-refractivity contribution in [3.8, 4) is 0 Å². The molecule has 18 heavy (non-hydrogen) atoms. The molecule has 0 spiro atoms. The zero-order valence-electron chi connectivity index (χ0n) is 11.8. The van der Waals surface area contributed by atoms with Gasteiger partial charge >= 0.3 is 0 Å². The minimum Gasteiger partial charge on any atom is -0.194 e. The summed E-state index contributed by atoms with van der Waals surface area (Å²) < 4.78 is 0. The summed E-state index contributed by atoms with van der Waals surface area (Å²) in [6.07, 6.45) is 7.04. The predicted octanol–water partition coefficient (Wildman–Crippen LogP) is 5.28. The molecule has 0 radical (unpaired) electrons. The van der Waals surface area contributed by atoms with Gasteiger partial charge in [-0.3, -0.25) is 0 Å². The van der Waals surface area contributed by atoms with Gasteiger partial charge in [-0.05, 0) is 54.6 Å². The van der Waals surface area contributed by atoms with Crippen LogP contribution < -0.4 is 0 Å². The first-order valence-electron chi connectivity index (χ1n) is 6.99. The van der Waals surface area contributed by atoms with Crippen molar-refractivity contribution in [2.75, 3.05) is 0 Å². The maximum Gasteiger partial charge on any atom is 0.0803 e. The van der Waals surface area contributed by atoms with Gasteiger partial charge in [0, 0.05) is 0 Å². The lowest BCUT2D eigenvalue weighted by Gasteiger charge is -2.11. The summed E-state index contributed by atoms with van der Waals surface area (Å²) in [5.41, 5.74) is 5.10. The Morgan fingerprint density at radius 1 is 1.06 bits per heavy atom. The van der Waals surface area contributed by atoms with E-state index in [1.165, 1.54) is 42.4 Å². The molecule has 0 aliphatic rings. The standard InChI is InChI=1S/C16H23NS/c1-4-7-8-9-13-10-14(5-2)16(17-12-18)15(6-3)11-13/h10-11H,4-9H2,1-3H3. The average Bonchev–Trinajstić information content (AvgIpc) is 2.40. The molecule has 0 aliphatic heterocycles. The van der Waals surface area contributed by atoms with E-state index < -0.39 is 0 Å². The van der Waals surface area contributed by atoms with Gasteiger partial charge in [-0.1, -0.05) is 45.7 Å². The molecule has 1 aromatic rings. The summed E-state index contributed by atoms with van der Waals surface area (Å²) in [5, 5.41) is 2.51. The Hall–Kier alpha value is -0.980. The van der Waals surface area contributed by atoms with E-state index in [1.54, 1.807) is 0 Å². The van der Waals surface area contributed by atoms with Crippen molar-refractivity contribution in [2.45, 2.75) is 59.3 Å². The molecule has 0 saturated carbocycles. The number of thiocarbonyl (C=S) groups is 1. The van der Waals surface area contributed by atoms with Gasteiger partial charge in [-0.15, -0.1) is 0 Å². The van der Waals surface area contributed by atoms with Crippen molar-refractivity contribution in [1.29, 1.82) is 0 Å². The molecule has 0 aromatic heterocycles. The number of hydrogen-bond acceptors (Lipinski definition) is 2. The smallest absolute Gasteiger partial charge is 0.0803 e. The van der Waals surface area contributed by atoms with E-state index >= 15 is 0 Å². The van der Waals surface area contributed by atoms with Gasteiger partial charge in [0.15, 0.2) is 0 Å². The second kappa shape index (κ2) is 8.18. The molecule has 0 aliphatic carbocycles. The van der Waals surface area contributed by atoms with E-state index in [2.05, 4.69) is 43.1 Å².